The van der Waals surface area contributed by atoms with Gasteiger partial charge in [0.25, 0.3) is 0 Å². The molecule has 1 N–H and O–H groups in total. The second-order valence-electron chi connectivity index (χ2n) is 3.51. The second kappa shape index (κ2) is 6.11. The third-order valence-corrected chi connectivity index (χ3v) is 2.48. The summed E-state index contributed by atoms with van der Waals surface area (Å²) in [7, 11) is 0. The lowest BCUT2D eigenvalue weighted by atomic mass is 10.2. The third-order valence-electron chi connectivity index (χ3n) is 2.23. The Morgan fingerprint density at radius 1 is 1.06 bits per heavy atom. The predicted octanol–water partition coefficient (Wildman–Crippen LogP) is 3.48. The van der Waals surface area contributed by atoms with Crippen LogP contribution in [0.5, 0.6) is 11.5 Å². The summed E-state index contributed by atoms with van der Waals surface area (Å²) in [5.74, 6) is 6.79. The fourth-order valence-corrected chi connectivity index (χ4v) is 1.55. The summed E-state index contributed by atoms with van der Waals surface area (Å²) in [6, 6.07) is 14.5. The van der Waals surface area contributed by atoms with E-state index in [9.17, 15) is 0 Å². The summed E-state index contributed by atoms with van der Waals surface area (Å²) in [6.07, 6.45) is 0. The number of aliphatic hydroxyl groups is 1. The molecule has 0 saturated heterocycles. The minimum absolute atomic E-state index is 0.171. The Kier molecular flexibility index (Phi) is 4.25. The Labute approximate surface area is 111 Å². The van der Waals surface area contributed by atoms with Gasteiger partial charge in [0, 0.05) is 5.02 Å². The first-order valence-corrected chi connectivity index (χ1v) is 5.79. The molecular formula is C15H11ClO2. The molecule has 0 aliphatic carbocycles. The quantitative estimate of drug-likeness (QED) is 0.836. The first kappa shape index (κ1) is 12.5. The van der Waals surface area contributed by atoms with Gasteiger partial charge in [-0.1, -0.05) is 35.6 Å². The highest BCUT2D eigenvalue weighted by Crippen LogP contribution is 2.25. The lowest BCUT2D eigenvalue weighted by molar-refractivity contribution is 0.350. The van der Waals surface area contributed by atoms with Crippen LogP contribution in [0.4, 0.5) is 0 Å². The molecule has 2 aromatic rings. The van der Waals surface area contributed by atoms with E-state index >= 15 is 0 Å². The molecule has 0 heterocycles. The van der Waals surface area contributed by atoms with Gasteiger partial charge >= 0.3 is 0 Å². The maximum atomic E-state index is 8.71. The number of rotatable bonds is 2. The molecule has 2 rings (SSSR count). The maximum Gasteiger partial charge on any atom is 0.143 e. The maximum absolute atomic E-state index is 8.71. The fraction of sp³-hybridized carbons (Fsp3) is 0.0667. The largest absolute Gasteiger partial charge is 0.456 e. The van der Waals surface area contributed by atoms with Crippen molar-refractivity contribution in [2.75, 3.05) is 6.61 Å². The Hall–Kier alpha value is -1.95. The number of aliphatic hydroxyl groups excluding tert-OH is 1. The lowest BCUT2D eigenvalue weighted by Crippen LogP contribution is -1.88. The topological polar surface area (TPSA) is 29.5 Å². The van der Waals surface area contributed by atoms with Crippen LogP contribution < -0.4 is 4.74 Å². The van der Waals surface area contributed by atoms with Gasteiger partial charge in [0.05, 0.1) is 5.56 Å². The van der Waals surface area contributed by atoms with Crippen molar-refractivity contribution in [1.29, 1.82) is 0 Å². The molecular weight excluding hydrogens is 248 g/mol. The number of hydrogen-bond acceptors (Lipinski definition) is 2. The van der Waals surface area contributed by atoms with Gasteiger partial charge in [-0.15, -0.1) is 0 Å². The molecule has 0 spiro atoms. The van der Waals surface area contributed by atoms with E-state index < -0.39 is 0 Å². The average Bonchev–Trinajstić information content (AvgIpc) is 2.40. The molecule has 2 aromatic carbocycles. The zero-order valence-corrected chi connectivity index (χ0v) is 10.3. The number of para-hydroxylation sites is 1. The van der Waals surface area contributed by atoms with Crippen LogP contribution in [0.25, 0.3) is 0 Å². The molecule has 0 atom stereocenters. The summed E-state index contributed by atoms with van der Waals surface area (Å²) in [4.78, 5) is 0. The SMILES string of the molecule is OCC#Cc1ccccc1Oc1ccc(Cl)cc1. The molecule has 0 aliphatic rings. The van der Waals surface area contributed by atoms with Crippen molar-refractivity contribution >= 4 is 11.6 Å². The Bertz CT molecular complexity index is 579. The summed E-state index contributed by atoms with van der Waals surface area (Å²) in [6.45, 7) is -0.171. The molecule has 0 unspecified atom stereocenters. The van der Waals surface area contributed by atoms with Crippen molar-refractivity contribution in [3.63, 3.8) is 0 Å². The minimum Gasteiger partial charge on any atom is -0.456 e. The molecule has 3 heteroatoms. The smallest absolute Gasteiger partial charge is 0.143 e. The van der Waals surface area contributed by atoms with Crippen LogP contribution in [0.3, 0.4) is 0 Å². The molecule has 0 bridgehead atoms. The van der Waals surface area contributed by atoms with Gasteiger partial charge in [0.1, 0.15) is 18.1 Å². The van der Waals surface area contributed by atoms with Crippen molar-refractivity contribution in [3.8, 4) is 23.3 Å². The molecule has 0 amide bonds. The van der Waals surface area contributed by atoms with Crippen LogP contribution in [0.2, 0.25) is 5.02 Å². The number of halogens is 1. The van der Waals surface area contributed by atoms with Crippen LogP contribution >= 0.6 is 11.6 Å². The van der Waals surface area contributed by atoms with E-state index in [0.29, 0.717) is 16.5 Å². The monoisotopic (exact) mass is 258 g/mol. The molecule has 0 saturated carbocycles. The average molecular weight is 259 g/mol. The fourth-order valence-electron chi connectivity index (χ4n) is 1.42. The minimum atomic E-state index is -0.171. The zero-order chi connectivity index (χ0) is 12.8. The molecule has 0 radical (unpaired) electrons. The van der Waals surface area contributed by atoms with E-state index in [1.165, 1.54) is 0 Å². The van der Waals surface area contributed by atoms with Crippen molar-refractivity contribution < 1.29 is 9.84 Å². The highest BCUT2D eigenvalue weighted by Gasteiger charge is 2.01. The lowest BCUT2D eigenvalue weighted by Gasteiger charge is -2.07. The van der Waals surface area contributed by atoms with Crippen molar-refractivity contribution in [3.05, 3.63) is 59.1 Å². The number of ether oxygens (including phenoxy) is 1. The van der Waals surface area contributed by atoms with E-state index in [-0.39, 0.29) is 6.61 Å². The standard InChI is InChI=1S/C15H11ClO2/c16-13-7-9-14(10-8-13)18-15-6-2-1-4-12(15)5-3-11-17/h1-2,4,6-10,17H,11H2. The van der Waals surface area contributed by atoms with Gasteiger partial charge in [-0.05, 0) is 36.4 Å². The third kappa shape index (κ3) is 3.27. The van der Waals surface area contributed by atoms with E-state index in [1.54, 1.807) is 24.3 Å². The first-order valence-electron chi connectivity index (χ1n) is 5.42. The Morgan fingerprint density at radius 2 is 1.78 bits per heavy atom. The predicted molar refractivity (Wildman–Crippen MR) is 71.9 cm³/mol. The number of benzene rings is 2. The van der Waals surface area contributed by atoms with E-state index in [2.05, 4.69) is 11.8 Å². The summed E-state index contributed by atoms with van der Waals surface area (Å²) >= 11 is 5.81. The van der Waals surface area contributed by atoms with E-state index in [0.717, 1.165) is 5.56 Å². The molecule has 2 nitrogen and oxygen atoms in total. The second-order valence-corrected chi connectivity index (χ2v) is 3.95. The van der Waals surface area contributed by atoms with Gasteiger partial charge in [-0.2, -0.15) is 0 Å². The van der Waals surface area contributed by atoms with Gasteiger partial charge in [-0.25, -0.2) is 0 Å². The summed E-state index contributed by atoms with van der Waals surface area (Å²) in [5.41, 5.74) is 0.738. The van der Waals surface area contributed by atoms with Crippen molar-refractivity contribution in [1.82, 2.24) is 0 Å². The van der Waals surface area contributed by atoms with Crippen molar-refractivity contribution in [2.24, 2.45) is 0 Å². The van der Waals surface area contributed by atoms with Gasteiger partial charge < -0.3 is 9.84 Å². The van der Waals surface area contributed by atoms with Crippen LogP contribution in [0.15, 0.2) is 48.5 Å². The Balaban J connectivity index is 2.26. The summed E-state index contributed by atoms with van der Waals surface area (Å²) in [5, 5.41) is 9.37. The Morgan fingerprint density at radius 3 is 2.50 bits per heavy atom. The van der Waals surface area contributed by atoms with Gasteiger partial charge in [0.15, 0.2) is 0 Å². The van der Waals surface area contributed by atoms with Crippen LogP contribution in [0, 0.1) is 11.8 Å². The highest BCUT2D eigenvalue weighted by atomic mass is 35.5. The number of hydrogen-bond donors (Lipinski definition) is 1. The van der Waals surface area contributed by atoms with Crippen molar-refractivity contribution in [2.45, 2.75) is 0 Å². The summed E-state index contributed by atoms with van der Waals surface area (Å²) < 4.78 is 5.72. The first-order chi connectivity index (χ1) is 8.79. The van der Waals surface area contributed by atoms with E-state index in [1.807, 2.05) is 24.3 Å². The van der Waals surface area contributed by atoms with Gasteiger partial charge in [-0.3, -0.25) is 0 Å². The molecule has 0 fully saturated rings. The highest BCUT2D eigenvalue weighted by molar-refractivity contribution is 6.30. The van der Waals surface area contributed by atoms with Crippen LogP contribution in [-0.2, 0) is 0 Å². The molecule has 0 aliphatic heterocycles. The molecule has 90 valence electrons. The normalized spacial score (nSPS) is 9.44. The molecule has 18 heavy (non-hydrogen) atoms. The van der Waals surface area contributed by atoms with E-state index in [4.69, 9.17) is 21.4 Å². The van der Waals surface area contributed by atoms with Crippen LogP contribution in [0.1, 0.15) is 5.56 Å². The van der Waals surface area contributed by atoms with Crippen LogP contribution in [-0.4, -0.2) is 11.7 Å². The van der Waals surface area contributed by atoms with Gasteiger partial charge in [0.2, 0.25) is 0 Å². The zero-order valence-electron chi connectivity index (χ0n) is 9.56. The molecule has 0 aromatic heterocycles.